The van der Waals surface area contributed by atoms with Gasteiger partial charge in [-0.3, -0.25) is 0 Å². The summed E-state index contributed by atoms with van der Waals surface area (Å²) in [5, 5.41) is 10.4. The average molecular weight is 300 g/mol. The SMILES string of the molecule is Cc1ccc(C[NH+](C)Cc2cc(=O)oc3cc(O)ccc23)o1. The molecule has 0 aliphatic heterocycles. The van der Waals surface area contributed by atoms with E-state index in [0.717, 1.165) is 29.0 Å². The van der Waals surface area contributed by atoms with Gasteiger partial charge in [0.25, 0.3) is 0 Å². The Morgan fingerprint density at radius 3 is 2.64 bits per heavy atom. The van der Waals surface area contributed by atoms with Crippen LogP contribution < -0.4 is 10.5 Å². The van der Waals surface area contributed by atoms with E-state index >= 15 is 0 Å². The molecule has 22 heavy (non-hydrogen) atoms. The summed E-state index contributed by atoms with van der Waals surface area (Å²) < 4.78 is 10.7. The molecule has 1 unspecified atom stereocenters. The number of hydrogen-bond donors (Lipinski definition) is 2. The second-order valence-corrected chi connectivity index (χ2v) is 5.59. The minimum atomic E-state index is -0.408. The van der Waals surface area contributed by atoms with Gasteiger partial charge in [0, 0.05) is 23.1 Å². The normalized spacial score (nSPS) is 12.6. The molecule has 1 atom stereocenters. The van der Waals surface area contributed by atoms with Crippen molar-refractivity contribution in [3.63, 3.8) is 0 Å². The molecule has 0 radical (unpaired) electrons. The van der Waals surface area contributed by atoms with Gasteiger partial charge < -0.3 is 18.8 Å². The van der Waals surface area contributed by atoms with Crippen molar-refractivity contribution in [2.45, 2.75) is 20.0 Å². The number of aryl methyl sites for hydroxylation is 1. The Hall–Kier alpha value is -2.53. The molecule has 5 nitrogen and oxygen atoms in total. The number of rotatable bonds is 4. The van der Waals surface area contributed by atoms with E-state index in [1.807, 2.05) is 26.1 Å². The standard InChI is InChI=1S/C17H17NO4/c1-11-3-5-14(21-11)10-18(2)9-12-7-17(20)22-16-8-13(19)4-6-15(12)16/h3-8,19H,9-10H2,1-2H3/p+1. The van der Waals surface area contributed by atoms with Crippen LogP contribution in [0.5, 0.6) is 5.75 Å². The van der Waals surface area contributed by atoms with Crippen LogP contribution in [0.15, 0.2) is 50.0 Å². The molecule has 0 aliphatic carbocycles. The smallest absolute Gasteiger partial charge is 0.336 e. The van der Waals surface area contributed by atoms with Gasteiger partial charge >= 0.3 is 5.63 Å². The van der Waals surface area contributed by atoms with Gasteiger partial charge in [0.05, 0.1) is 7.05 Å². The third-order valence-electron chi connectivity index (χ3n) is 3.58. The Bertz CT molecular complexity index is 862. The second-order valence-electron chi connectivity index (χ2n) is 5.59. The van der Waals surface area contributed by atoms with Crippen molar-refractivity contribution in [2.75, 3.05) is 7.05 Å². The Kier molecular flexibility index (Phi) is 3.73. The molecule has 0 fully saturated rings. The monoisotopic (exact) mass is 300 g/mol. The van der Waals surface area contributed by atoms with E-state index in [-0.39, 0.29) is 5.75 Å². The van der Waals surface area contributed by atoms with Crippen molar-refractivity contribution in [1.82, 2.24) is 0 Å². The molecule has 0 amide bonds. The molecule has 0 saturated carbocycles. The Morgan fingerprint density at radius 1 is 1.09 bits per heavy atom. The fraction of sp³-hybridized carbons (Fsp3) is 0.235. The highest BCUT2D eigenvalue weighted by Gasteiger charge is 2.13. The summed E-state index contributed by atoms with van der Waals surface area (Å²) in [6, 6.07) is 10.2. The lowest BCUT2D eigenvalue weighted by atomic mass is 10.1. The first kappa shape index (κ1) is 14.4. The lowest BCUT2D eigenvalue weighted by molar-refractivity contribution is -0.908. The zero-order valence-corrected chi connectivity index (χ0v) is 12.6. The highest BCUT2D eigenvalue weighted by Crippen LogP contribution is 2.21. The van der Waals surface area contributed by atoms with Crippen LogP contribution >= 0.6 is 0 Å². The summed E-state index contributed by atoms with van der Waals surface area (Å²) >= 11 is 0. The minimum absolute atomic E-state index is 0.0829. The van der Waals surface area contributed by atoms with E-state index in [9.17, 15) is 9.90 Å². The molecule has 3 rings (SSSR count). The average Bonchev–Trinajstić information content (AvgIpc) is 2.83. The molecule has 0 saturated heterocycles. The van der Waals surface area contributed by atoms with E-state index in [4.69, 9.17) is 8.83 Å². The van der Waals surface area contributed by atoms with Gasteiger partial charge in [0.15, 0.2) is 5.76 Å². The summed E-state index contributed by atoms with van der Waals surface area (Å²) in [5.74, 6) is 1.89. The Labute approximate surface area is 127 Å². The summed E-state index contributed by atoms with van der Waals surface area (Å²) in [6.07, 6.45) is 0. The second kappa shape index (κ2) is 5.69. The maximum Gasteiger partial charge on any atom is 0.336 e. The van der Waals surface area contributed by atoms with Gasteiger partial charge in [-0.1, -0.05) is 0 Å². The highest BCUT2D eigenvalue weighted by molar-refractivity contribution is 5.81. The number of hydrogen-bond acceptors (Lipinski definition) is 4. The molecule has 2 aromatic heterocycles. The van der Waals surface area contributed by atoms with Crippen LogP contribution in [0.3, 0.4) is 0 Å². The number of phenols is 1. The van der Waals surface area contributed by atoms with Crippen molar-refractivity contribution in [3.05, 3.63) is 63.9 Å². The van der Waals surface area contributed by atoms with E-state index in [1.165, 1.54) is 17.0 Å². The fourth-order valence-corrected chi connectivity index (χ4v) is 2.63. The number of aromatic hydroxyl groups is 1. The fourth-order valence-electron chi connectivity index (χ4n) is 2.63. The third-order valence-corrected chi connectivity index (χ3v) is 3.58. The van der Waals surface area contributed by atoms with E-state index in [0.29, 0.717) is 12.1 Å². The van der Waals surface area contributed by atoms with Crippen molar-refractivity contribution in [2.24, 2.45) is 0 Å². The van der Waals surface area contributed by atoms with Crippen LogP contribution in [0.1, 0.15) is 17.1 Å². The van der Waals surface area contributed by atoms with E-state index < -0.39 is 5.63 Å². The van der Waals surface area contributed by atoms with E-state index in [2.05, 4.69) is 0 Å². The maximum atomic E-state index is 11.7. The molecule has 0 aliphatic rings. The van der Waals surface area contributed by atoms with Crippen molar-refractivity contribution in [3.8, 4) is 5.75 Å². The first-order valence-electron chi connectivity index (χ1n) is 7.13. The lowest BCUT2D eigenvalue weighted by Gasteiger charge is -2.13. The molecule has 2 N–H and O–H groups in total. The summed E-state index contributed by atoms with van der Waals surface area (Å²) in [4.78, 5) is 12.9. The van der Waals surface area contributed by atoms with Crippen LogP contribution in [0.2, 0.25) is 0 Å². The number of quaternary nitrogens is 1. The number of phenolic OH excluding ortho intramolecular Hbond substituents is 1. The first-order valence-corrected chi connectivity index (χ1v) is 7.13. The summed E-state index contributed by atoms with van der Waals surface area (Å²) in [7, 11) is 2.04. The zero-order valence-electron chi connectivity index (χ0n) is 12.6. The molecule has 0 bridgehead atoms. The predicted molar refractivity (Wildman–Crippen MR) is 81.9 cm³/mol. The lowest BCUT2D eigenvalue weighted by Crippen LogP contribution is -3.06. The number of nitrogens with one attached hydrogen (secondary N) is 1. The van der Waals surface area contributed by atoms with Gasteiger partial charge in [0.1, 0.15) is 30.2 Å². The Morgan fingerprint density at radius 2 is 1.91 bits per heavy atom. The largest absolute Gasteiger partial charge is 0.508 e. The summed E-state index contributed by atoms with van der Waals surface area (Å²) in [5.41, 5.74) is 0.894. The maximum absolute atomic E-state index is 11.7. The van der Waals surface area contributed by atoms with Gasteiger partial charge in [-0.25, -0.2) is 4.79 Å². The van der Waals surface area contributed by atoms with Gasteiger partial charge in [-0.15, -0.1) is 0 Å². The van der Waals surface area contributed by atoms with Crippen molar-refractivity contribution >= 4 is 11.0 Å². The predicted octanol–water partition coefficient (Wildman–Crippen LogP) is 1.61. The van der Waals surface area contributed by atoms with Crippen LogP contribution in [0.4, 0.5) is 0 Å². The van der Waals surface area contributed by atoms with Crippen LogP contribution in [-0.4, -0.2) is 12.2 Å². The molecule has 0 spiro atoms. The van der Waals surface area contributed by atoms with Crippen LogP contribution in [-0.2, 0) is 13.1 Å². The van der Waals surface area contributed by atoms with Crippen LogP contribution in [0.25, 0.3) is 11.0 Å². The quantitative estimate of drug-likeness (QED) is 0.718. The van der Waals surface area contributed by atoms with Gasteiger partial charge in [-0.2, -0.15) is 0 Å². The molecular weight excluding hydrogens is 282 g/mol. The third kappa shape index (κ3) is 3.04. The molecule has 1 aromatic carbocycles. The highest BCUT2D eigenvalue weighted by atomic mass is 16.4. The molecule has 2 heterocycles. The molecule has 5 heteroatoms. The number of benzene rings is 1. The molecule has 3 aromatic rings. The van der Waals surface area contributed by atoms with Crippen molar-refractivity contribution in [1.29, 1.82) is 0 Å². The number of furan rings is 1. The Balaban J connectivity index is 1.88. The van der Waals surface area contributed by atoms with Crippen LogP contribution in [0, 0.1) is 6.92 Å². The van der Waals surface area contributed by atoms with Gasteiger partial charge in [0.2, 0.25) is 0 Å². The van der Waals surface area contributed by atoms with E-state index in [1.54, 1.807) is 12.1 Å². The molecular formula is C17H18NO4+. The van der Waals surface area contributed by atoms with Gasteiger partial charge in [-0.05, 0) is 31.2 Å². The summed E-state index contributed by atoms with van der Waals surface area (Å²) in [6.45, 7) is 3.31. The minimum Gasteiger partial charge on any atom is -0.508 e. The van der Waals surface area contributed by atoms with Crippen molar-refractivity contribution < 1.29 is 18.8 Å². The first-order chi connectivity index (χ1) is 10.5. The number of fused-ring (bicyclic) bond motifs is 1. The zero-order chi connectivity index (χ0) is 15.7. The molecule has 114 valence electrons. The topological polar surface area (TPSA) is 68.0 Å².